The molecule has 0 atom stereocenters. The summed E-state index contributed by atoms with van der Waals surface area (Å²) in [6, 6.07) is 17.1. The van der Waals surface area contributed by atoms with Crippen molar-refractivity contribution < 1.29 is 28.5 Å². The highest BCUT2D eigenvalue weighted by Crippen LogP contribution is 2.38. The van der Waals surface area contributed by atoms with Gasteiger partial charge in [-0.25, -0.2) is 4.79 Å². The normalized spacial score (nSPS) is 13.5. The van der Waals surface area contributed by atoms with Gasteiger partial charge in [-0.3, -0.25) is 4.79 Å². The van der Waals surface area contributed by atoms with E-state index in [1.165, 1.54) is 0 Å². The number of fused-ring (bicyclic) bond motifs is 1. The molecule has 3 aromatic carbocycles. The van der Waals surface area contributed by atoms with Gasteiger partial charge in [-0.05, 0) is 59.3 Å². The smallest absolute Gasteiger partial charge is 0.344 e. The molecule has 7 heteroatoms. The minimum atomic E-state index is -0.559. The molecule has 1 aliphatic rings. The number of carbonyl (C=O) groups excluding carboxylic acids is 2. The lowest BCUT2D eigenvalue weighted by molar-refractivity contribution is 0.0727. The van der Waals surface area contributed by atoms with Crippen LogP contribution in [0.3, 0.4) is 0 Å². The molecule has 1 heterocycles. The van der Waals surface area contributed by atoms with Crippen LogP contribution in [0.4, 0.5) is 0 Å². The van der Waals surface area contributed by atoms with Crippen molar-refractivity contribution in [2.75, 3.05) is 13.7 Å². The molecule has 4 rings (SSSR count). The fourth-order valence-electron chi connectivity index (χ4n) is 3.23. The Bertz CT molecular complexity index is 1230. The molecule has 0 radical (unpaired) electrons. The van der Waals surface area contributed by atoms with Gasteiger partial charge in [-0.1, -0.05) is 24.3 Å². The first-order chi connectivity index (χ1) is 15.5. The van der Waals surface area contributed by atoms with E-state index in [-0.39, 0.29) is 17.3 Å². The molecule has 1 aliphatic heterocycles. The van der Waals surface area contributed by atoms with Crippen molar-refractivity contribution in [3.8, 4) is 23.0 Å². The number of halogens is 1. The number of carbonyl (C=O) groups is 2. The highest BCUT2D eigenvalue weighted by Gasteiger charge is 2.28. The van der Waals surface area contributed by atoms with Crippen molar-refractivity contribution in [3.63, 3.8) is 0 Å². The summed E-state index contributed by atoms with van der Waals surface area (Å²) < 4.78 is 23.0. The summed E-state index contributed by atoms with van der Waals surface area (Å²) in [6.45, 7) is 2.21. The molecule has 32 heavy (non-hydrogen) atoms. The predicted octanol–water partition coefficient (Wildman–Crippen LogP) is 5.69. The Kier molecular flexibility index (Phi) is 6.28. The Morgan fingerprint density at radius 2 is 1.91 bits per heavy atom. The number of hydrogen-bond acceptors (Lipinski definition) is 6. The number of rotatable bonds is 6. The molecular formula is C25H19BrO6. The first kappa shape index (κ1) is 21.6. The highest BCUT2D eigenvalue weighted by atomic mass is 79.9. The third kappa shape index (κ3) is 4.24. The number of allylic oxidation sites excluding steroid dienone is 1. The van der Waals surface area contributed by atoms with E-state index in [2.05, 4.69) is 15.9 Å². The van der Waals surface area contributed by atoms with E-state index in [4.69, 9.17) is 18.9 Å². The number of esters is 1. The third-order valence-corrected chi connectivity index (χ3v) is 5.45. The van der Waals surface area contributed by atoms with E-state index in [9.17, 15) is 9.59 Å². The molecule has 0 N–H and O–H groups in total. The van der Waals surface area contributed by atoms with Crippen LogP contribution in [0.15, 0.2) is 70.9 Å². The zero-order chi connectivity index (χ0) is 22.7. The van der Waals surface area contributed by atoms with Crippen molar-refractivity contribution in [1.29, 1.82) is 0 Å². The lowest BCUT2D eigenvalue weighted by Crippen LogP contribution is -2.11. The maximum Gasteiger partial charge on any atom is 0.344 e. The van der Waals surface area contributed by atoms with Crippen LogP contribution in [0, 0.1) is 0 Å². The topological polar surface area (TPSA) is 71.1 Å². The van der Waals surface area contributed by atoms with E-state index < -0.39 is 5.97 Å². The number of hydrogen-bond donors (Lipinski definition) is 0. The fourth-order valence-corrected chi connectivity index (χ4v) is 3.68. The summed E-state index contributed by atoms with van der Waals surface area (Å²) >= 11 is 3.37. The van der Waals surface area contributed by atoms with Crippen molar-refractivity contribution in [1.82, 2.24) is 0 Å². The van der Waals surface area contributed by atoms with Gasteiger partial charge in [0, 0.05) is 16.1 Å². The van der Waals surface area contributed by atoms with Gasteiger partial charge in [-0.15, -0.1) is 0 Å². The van der Waals surface area contributed by atoms with Gasteiger partial charge >= 0.3 is 5.97 Å². The summed E-state index contributed by atoms with van der Waals surface area (Å²) in [5.41, 5.74) is 1.27. The monoisotopic (exact) mass is 494 g/mol. The number of Topliss-reactive ketones (excluding diaryl/α,β-unsaturated/α-hetero) is 1. The SMILES string of the molecule is CCOc1cccc(/C=C2\Oc3cc(OC)ccc3C2=O)c1OC(=O)c1ccccc1Br. The number of para-hydroxylation sites is 1. The summed E-state index contributed by atoms with van der Waals surface area (Å²) in [6.07, 6.45) is 1.54. The average molecular weight is 495 g/mol. The molecule has 0 saturated carbocycles. The molecule has 0 saturated heterocycles. The quantitative estimate of drug-likeness (QED) is 0.249. The molecule has 3 aromatic rings. The third-order valence-electron chi connectivity index (χ3n) is 4.76. The summed E-state index contributed by atoms with van der Waals surface area (Å²) in [4.78, 5) is 25.7. The van der Waals surface area contributed by atoms with E-state index >= 15 is 0 Å². The summed E-state index contributed by atoms with van der Waals surface area (Å²) in [7, 11) is 1.54. The number of methoxy groups -OCH3 is 1. The lowest BCUT2D eigenvalue weighted by Gasteiger charge is -2.14. The van der Waals surface area contributed by atoms with Crippen LogP contribution in [0.5, 0.6) is 23.0 Å². The van der Waals surface area contributed by atoms with Crippen LogP contribution in [-0.2, 0) is 0 Å². The second-order valence-corrected chi connectivity index (χ2v) is 7.63. The fraction of sp³-hybridized carbons (Fsp3) is 0.120. The standard InChI is InChI=1S/C25H19BrO6/c1-3-30-20-10-6-7-15(24(20)32-25(28)17-8-4-5-9-19(17)26)13-22-23(27)18-12-11-16(29-2)14-21(18)31-22/h4-14H,3H2,1-2H3/b22-13-. The summed E-state index contributed by atoms with van der Waals surface area (Å²) in [5.74, 6) is 0.857. The van der Waals surface area contributed by atoms with Crippen molar-refractivity contribution in [2.24, 2.45) is 0 Å². The Labute approximate surface area is 193 Å². The van der Waals surface area contributed by atoms with Gasteiger partial charge in [-0.2, -0.15) is 0 Å². The van der Waals surface area contributed by atoms with Crippen LogP contribution in [0.2, 0.25) is 0 Å². The number of ketones is 1. The van der Waals surface area contributed by atoms with Crippen LogP contribution in [0.1, 0.15) is 33.2 Å². The molecule has 0 spiro atoms. The van der Waals surface area contributed by atoms with Crippen LogP contribution >= 0.6 is 15.9 Å². The van der Waals surface area contributed by atoms with Gasteiger partial charge in [0.1, 0.15) is 11.5 Å². The minimum absolute atomic E-state index is 0.111. The second-order valence-electron chi connectivity index (χ2n) is 6.78. The first-order valence-corrected chi connectivity index (χ1v) is 10.7. The molecule has 0 unspecified atom stereocenters. The molecule has 6 nitrogen and oxygen atoms in total. The number of ether oxygens (including phenoxy) is 4. The van der Waals surface area contributed by atoms with Gasteiger partial charge in [0.2, 0.25) is 5.78 Å². The molecule has 0 fully saturated rings. The lowest BCUT2D eigenvalue weighted by atomic mass is 10.1. The number of benzene rings is 3. The van der Waals surface area contributed by atoms with E-state index in [1.807, 2.05) is 6.92 Å². The zero-order valence-corrected chi connectivity index (χ0v) is 19.0. The Morgan fingerprint density at radius 3 is 2.66 bits per heavy atom. The van der Waals surface area contributed by atoms with Gasteiger partial charge in [0.15, 0.2) is 17.3 Å². The Balaban J connectivity index is 1.72. The van der Waals surface area contributed by atoms with Gasteiger partial charge in [0.05, 0.1) is 24.8 Å². The van der Waals surface area contributed by atoms with Crippen LogP contribution in [-0.4, -0.2) is 25.5 Å². The molecule has 0 aliphatic carbocycles. The summed E-state index contributed by atoms with van der Waals surface area (Å²) in [5, 5.41) is 0. The van der Waals surface area contributed by atoms with Crippen molar-refractivity contribution in [3.05, 3.63) is 87.6 Å². The first-order valence-electron chi connectivity index (χ1n) is 9.86. The van der Waals surface area contributed by atoms with Crippen molar-refractivity contribution >= 4 is 33.8 Å². The molecule has 0 amide bonds. The van der Waals surface area contributed by atoms with E-state index in [0.717, 1.165) is 0 Å². The predicted molar refractivity (Wildman–Crippen MR) is 123 cm³/mol. The average Bonchev–Trinajstić information content (AvgIpc) is 3.10. The van der Waals surface area contributed by atoms with E-state index in [0.29, 0.717) is 45.0 Å². The molecule has 0 aromatic heterocycles. The highest BCUT2D eigenvalue weighted by molar-refractivity contribution is 9.10. The largest absolute Gasteiger partial charge is 0.497 e. The maximum atomic E-state index is 12.9. The van der Waals surface area contributed by atoms with Gasteiger partial charge < -0.3 is 18.9 Å². The maximum absolute atomic E-state index is 12.9. The van der Waals surface area contributed by atoms with Gasteiger partial charge in [0.25, 0.3) is 0 Å². The molecule has 162 valence electrons. The zero-order valence-electron chi connectivity index (χ0n) is 17.4. The molecular weight excluding hydrogens is 476 g/mol. The second kappa shape index (κ2) is 9.28. The minimum Gasteiger partial charge on any atom is -0.497 e. The Morgan fingerprint density at radius 1 is 1.09 bits per heavy atom. The van der Waals surface area contributed by atoms with Crippen molar-refractivity contribution in [2.45, 2.75) is 6.92 Å². The molecule has 0 bridgehead atoms. The van der Waals surface area contributed by atoms with E-state index in [1.54, 1.807) is 73.8 Å². The van der Waals surface area contributed by atoms with Crippen LogP contribution in [0.25, 0.3) is 6.08 Å². The Hall–Kier alpha value is -3.58. The van der Waals surface area contributed by atoms with Crippen LogP contribution < -0.4 is 18.9 Å².